The van der Waals surface area contributed by atoms with Gasteiger partial charge in [0, 0.05) is 21.5 Å². The van der Waals surface area contributed by atoms with Gasteiger partial charge in [0.15, 0.2) is 23.0 Å². The molecule has 0 unspecified atom stereocenters. The minimum Gasteiger partial charge on any atom is -0.453 e. The molecule has 60 heavy (non-hydrogen) atoms. The lowest BCUT2D eigenvalue weighted by molar-refractivity contribution is 0.476. The van der Waals surface area contributed by atoms with E-state index in [4.69, 9.17) is 9.47 Å². The Kier molecular flexibility index (Phi) is 6.73. The summed E-state index contributed by atoms with van der Waals surface area (Å²) < 4.78 is 17.8. The topological polar surface area (TPSA) is 52.1 Å². The average Bonchev–Trinajstić information content (AvgIpc) is 3.83. The maximum absolute atomic E-state index is 10.3. The minimum absolute atomic E-state index is 0.606. The smallest absolute Gasteiger partial charge is 0.152 e. The molecule has 2 aromatic heterocycles. The number of fused-ring (bicyclic) bond motifs is 10. The molecule has 5 heteroatoms. The summed E-state index contributed by atoms with van der Waals surface area (Å²) in [6, 6.07) is 68.2. The first-order chi connectivity index (χ1) is 29.7. The number of ether oxygens (including phenoxy) is 2. The van der Waals surface area contributed by atoms with Crippen LogP contribution in [0.4, 0.5) is 0 Å². The van der Waals surface area contributed by atoms with Gasteiger partial charge in [0.1, 0.15) is 0 Å². The van der Waals surface area contributed by atoms with Gasteiger partial charge in [0.2, 0.25) is 0 Å². The van der Waals surface area contributed by atoms with Gasteiger partial charge in [-0.05, 0) is 136 Å². The minimum atomic E-state index is 0.606. The van der Waals surface area contributed by atoms with Crippen LogP contribution in [0.15, 0.2) is 188 Å². The van der Waals surface area contributed by atoms with Crippen LogP contribution in [0.1, 0.15) is 5.56 Å². The molecule has 13 rings (SSSR count). The fourth-order valence-electron chi connectivity index (χ4n) is 9.59. The third kappa shape index (κ3) is 4.73. The van der Waals surface area contributed by atoms with E-state index in [9.17, 15) is 5.26 Å². The first kappa shape index (κ1) is 32.7. The second-order valence-electron chi connectivity index (χ2n) is 15.7. The van der Waals surface area contributed by atoms with Crippen LogP contribution in [0.5, 0.6) is 23.0 Å². The van der Waals surface area contributed by atoms with E-state index >= 15 is 0 Å². The van der Waals surface area contributed by atoms with E-state index in [1.54, 1.807) is 0 Å². The van der Waals surface area contributed by atoms with Gasteiger partial charge in [-0.25, -0.2) is 0 Å². The number of benzene rings is 9. The van der Waals surface area contributed by atoms with Crippen molar-refractivity contribution in [2.75, 3.05) is 0 Å². The van der Waals surface area contributed by atoms with Crippen LogP contribution in [0.25, 0.3) is 99.5 Å². The number of hydrogen-bond donors (Lipinski definition) is 0. The molecular formula is C55H31N3O2. The molecule has 0 radical (unpaired) electrons. The summed E-state index contributed by atoms with van der Waals surface area (Å²) >= 11 is 0. The van der Waals surface area contributed by atoms with Gasteiger partial charge in [-0.1, -0.05) is 97.1 Å². The average molecular weight is 766 g/mol. The Morgan fingerprint density at radius 2 is 0.733 bits per heavy atom. The van der Waals surface area contributed by atoms with Crippen molar-refractivity contribution in [2.24, 2.45) is 0 Å². The summed E-state index contributed by atoms with van der Waals surface area (Å²) in [6.45, 7) is 0. The van der Waals surface area contributed by atoms with Crippen molar-refractivity contribution in [3.05, 3.63) is 194 Å². The second-order valence-corrected chi connectivity index (χ2v) is 15.7. The molecule has 11 aromatic rings. The molecule has 0 fully saturated rings. The van der Waals surface area contributed by atoms with Crippen LogP contribution in [0, 0.1) is 11.3 Å². The number of nitriles is 1. The second kappa shape index (κ2) is 12.3. The summed E-state index contributed by atoms with van der Waals surface area (Å²) in [5.41, 5.74) is 15.5. The lowest BCUT2D eigenvalue weighted by Crippen LogP contribution is -2.03. The van der Waals surface area contributed by atoms with Gasteiger partial charge in [-0.2, -0.15) is 5.26 Å². The number of rotatable bonds is 4. The van der Waals surface area contributed by atoms with Crippen LogP contribution >= 0.6 is 0 Å². The molecule has 0 saturated heterocycles. The first-order valence-corrected chi connectivity index (χ1v) is 20.1. The monoisotopic (exact) mass is 765 g/mol. The molecule has 5 nitrogen and oxygen atoms in total. The van der Waals surface area contributed by atoms with Gasteiger partial charge < -0.3 is 18.6 Å². The standard InChI is InChI=1S/C55H31N3O2/c56-32-33-23-38(34-11-9-13-36(25-34)40-28-44-42-15-1-3-17-46(42)57-48-19-5-7-21-50(48)59-52(30-40)54(44)57)27-39(24-33)35-12-10-14-37(26-35)41-29-45-43-16-2-4-18-47(43)58-49-20-6-8-22-51(49)60-53(31-41)55(45)58/h1-31H. The molecule has 0 N–H and O–H groups in total. The fraction of sp³-hybridized carbons (Fsp3) is 0. The molecule has 9 aromatic carbocycles. The lowest BCUT2D eigenvalue weighted by atomic mass is 9.92. The highest BCUT2D eigenvalue weighted by Crippen LogP contribution is 2.49. The Morgan fingerprint density at radius 3 is 1.20 bits per heavy atom. The lowest BCUT2D eigenvalue weighted by Gasteiger charge is -2.21. The first-order valence-electron chi connectivity index (χ1n) is 20.1. The SMILES string of the molecule is N#Cc1cc(-c2cccc(-c3cc4c5c(c3)c3ccccc3n5-c3ccccc3O4)c2)cc(-c2cccc(-c3cc4c5c(c3)c3ccccc3n5-c3ccccc3O4)c2)c1. The number of para-hydroxylation sites is 6. The van der Waals surface area contributed by atoms with E-state index in [1.165, 1.54) is 10.8 Å². The summed E-state index contributed by atoms with van der Waals surface area (Å²) in [5.74, 6) is 3.35. The van der Waals surface area contributed by atoms with Crippen LogP contribution < -0.4 is 9.47 Å². The van der Waals surface area contributed by atoms with Crippen LogP contribution in [-0.2, 0) is 0 Å². The van der Waals surface area contributed by atoms with E-state index in [-0.39, 0.29) is 0 Å². The van der Waals surface area contributed by atoms with Gasteiger partial charge >= 0.3 is 0 Å². The highest BCUT2D eigenvalue weighted by atomic mass is 16.5. The Morgan fingerprint density at radius 1 is 0.333 bits per heavy atom. The van der Waals surface area contributed by atoms with Crippen molar-refractivity contribution < 1.29 is 9.47 Å². The Balaban J connectivity index is 0.911. The van der Waals surface area contributed by atoms with E-state index in [0.717, 1.165) is 112 Å². The molecule has 0 atom stereocenters. The third-order valence-corrected chi connectivity index (χ3v) is 12.2. The van der Waals surface area contributed by atoms with Crippen molar-refractivity contribution >= 4 is 43.6 Å². The predicted octanol–water partition coefficient (Wildman–Crippen LogP) is 14.6. The van der Waals surface area contributed by atoms with Crippen molar-refractivity contribution in [1.82, 2.24) is 9.13 Å². The highest BCUT2D eigenvalue weighted by Gasteiger charge is 2.26. The van der Waals surface area contributed by atoms with Crippen molar-refractivity contribution in [1.29, 1.82) is 5.26 Å². The van der Waals surface area contributed by atoms with Crippen molar-refractivity contribution in [2.45, 2.75) is 0 Å². The number of nitrogens with zero attached hydrogens (tertiary/aromatic N) is 3. The summed E-state index contributed by atoms with van der Waals surface area (Å²) in [7, 11) is 0. The van der Waals surface area contributed by atoms with Crippen LogP contribution in [-0.4, -0.2) is 9.13 Å². The maximum atomic E-state index is 10.3. The molecule has 0 saturated carbocycles. The predicted molar refractivity (Wildman–Crippen MR) is 242 cm³/mol. The summed E-state index contributed by atoms with van der Waals surface area (Å²) in [6.07, 6.45) is 0. The largest absolute Gasteiger partial charge is 0.453 e. The summed E-state index contributed by atoms with van der Waals surface area (Å²) in [5, 5.41) is 15.0. The van der Waals surface area contributed by atoms with Crippen LogP contribution in [0.3, 0.4) is 0 Å². The van der Waals surface area contributed by atoms with E-state index in [0.29, 0.717) is 5.56 Å². The van der Waals surface area contributed by atoms with Crippen molar-refractivity contribution in [3.63, 3.8) is 0 Å². The molecule has 0 bridgehead atoms. The van der Waals surface area contributed by atoms with E-state index < -0.39 is 0 Å². The van der Waals surface area contributed by atoms with Crippen molar-refractivity contribution in [3.8, 4) is 84.9 Å². The fourth-order valence-corrected chi connectivity index (χ4v) is 9.59. The Bertz CT molecular complexity index is 3460. The Labute approximate surface area is 344 Å². The molecule has 2 aliphatic rings. The number of hydrogen-bond acceptors (Lipinski definition) is 3. The van der Waals surface area contributed by atoms with Crippen LogP contribution in [0.2, 0.25) is 0 Å². The van der Waals surface area contributed by atoms with Gasteiger partial charge in [0.25, 0.3) is 0 Å². The normalized spacial score (nSPS) is 12.2. The summed E-state index contributed by atoms with van der Waals surface area (Å²) in [4.78, 5) is 0. The number of aromatic nitrogens is 2. The van der Waals surface area contributed by atoms with Gasteiger partial charge in [-0.3, -0.25) is 0 Å². The zero-order valence-corrected chi connectivity index (χ0v) is 32.1. The Hall–Kier alpha value is -8.33. The zero-order chi connectivity index (χ0) is 39.5. The third-order valence-electron chi connectivity index (χ3n) is 12.2. The highest BCUT2D eigenvalue weighted by molar-refractivity contribution is 6.14. The maximum Gasteiger partial charge on any atom is 0.152 e. The molecule has 278 valence electrons. The molecular weight excluding hydrogens is 735 g/mol. The molecule has 0 aliphatic carbocycles. The van der Waals surface area contributed by atoms with Gasteiger partial charge in [0.05, 0.1) is 45.1 Å². The van der Waals surface area contributed by atoms with E-state index in [1.807, 2.05) is 36.4 Å². The quantitative estimate of drug-likeness (QED) is 0.179. The molecule has 0 spiro atoms. The molecule has 4 heterocycles. The molecule has 0 amide bonds. The van der Waals surface area contributed by atoms with E-state index in [2.05, 4.69) is 167 Å². The molecule has 2 aliphatic heterocycles. The van der Waals surface area contributed by atoms with Gasteiger partial charge in [-0.15, -0.1) is 0 Å². The zero-order valence-electron chi connectivity index (χ0n) is 32.1.